The normalized spacial score (nSPS) is 28.1. The number of aliphatic hydroxyl groups excluding tert-OH is 1. The molecule has 0 radical (unpaired) electrons. The third-order valence-corrected chi connectivity index (χ3v) is 6.19. The first-order valence-corrected chi connectivity index (χ1v) is 8.50. The molecule has 1 fully saturated rings. The Labute approximate surface area is 129 Å². The van der Waals surface area contributed by atoms with Gasteiger partial charge in [-0.05, 0) is 51.4 Å². The van der Waals surface area contributed by atoms with Crippen LogP contribution < -0.4 is 4.72 Å². The zero-order chi connectivity index (χ0) is 16.9. The summed E-state index contributed by atoms with van der Waals surface area (Å²) in [6, 6.07) is 0. The molecule has 4 atom stereocenters. The van der Waals surface area contributed by atoms with Gasteiger partial charge in [0.15, 0.2) is 0 Å². The highest BCUT2D eigenvalue weighted by Gasteiger charge is 2.65. The summed E-state index contributed by atoms with van der Waals surface area (Å²) in [5.74, 6) is -3.49. The molecule has 126 valence electrons. The summed E-state index contributed by atoms with van der Waals surface area (Å²) in [6.45, 7) is 11.4. The molecule has 0 aromatic rings. The molecule has 6 heteroatoms. The number of halogens is 2. The highest BCUT2D eigenvalue weighted by atomic mass is 32.2. The number of hydrogen-bond donors (Lipinski definition) is 2. The van der Waals surface area contributed by atoms with Gasteiger partial charge in [0, 0.05) is 0 Å². The molecule has 0 saturated heterocycles. The first kappa shape index (κ1) is 19.0. The predicted octanol–water partition coefficient (Wildman–Crippen LogP) is 3.11. The molecule has 0 unspecified atom stereocenters. The number of aliphatic hydroxyl groups is 1. The summed E-state index contributed by atoms with van der Waals surface area (Å²) in [7, 11) is -1.62. The average molecular weight is 325 g/mol. The van der Waals surface area contributed by atoms with Crippen molar-refractivity contribution in [3.63, 3.8) is 0 Å². The molecule has 21 heavy (non-hydrogen) atoms. The lowest BCUT2D eigenvalue weighted by atomic mass is 9.81. The number of nitrogens with one attached hydrogen (secondary N) is 1. The Morgan fingerprint density at radius 3 is 1.86 bits per heavy atom. The maximum absolute atomic E-state index is 14.4. The Morgan fingerprint density at radius 1 is 1.10 bits per heavy atom. The summed E-state index contributed by atoms with van der Waals surface area (Å²) in [5.41, 5.74) is -1.75. The molecular weight excluding hydrogens is 296 g/mol. The maximum atomic E-state index is 14.4. The van der Waals surface area contributed by atoms with Crippen molar-refractivity contribution in [2.24, 2.45) is 17.3 Å². The quantitative estimate of drug-likeness (QED) is 0.816. The fourth-order valence-electron chi connectivity index (χ4n) is 2.72. The van der Waals surface area contributed by atoms with E-state index in [1.165, 1.54) is 6.92 Å². The van der Waals surface area contributed by atoms with E-state index in [0.29, 0.717) is 6.42 Å². The second-order valence-corrected chi connectivity index (χ2v) is 10.3. The first-order chi connectivity index (χ1) is 9.17. The summed E-state index contributed by atoms with van der Waals surface area (Å²) >= 11 is 0. The lowest BCUT2D eigenvalue weighted by Crippen LogP contribution is -2.62. The van der Waals surface area contributed by atoms with E-state index in [2.05, 4.69) is 4.72 Å². The van der Waals surface area contributed by atoms with Crippen LogP contribution in [0, 0.1) is 17.3 Å². The standard InChI is InChI=1S/C15H29F2NO2S/c1-12(2,3)10-8-11(10)14(7,15(16,17)9-19)18-21(20)13(4,5)6/h10-11,18-19H,8-9H2,1-7H3/t10-,11-,14-,21-/m1/s1. The van der Waals surface area contributed by atoms with E-state index >= 15 is 0 Å². The van der Waals surface area contributed by atoms with Crippen molar-refractivity contribution in [2.75, 3.05) is 6.61 Å². The minimum Gasteiger partial charge on any atom is -0.390 e. The van der Waals surface area contributed by atoms with Gasteiger partial charge in [-0.3, -0.25) is 0 Å². The molecule has 0 aromatic carbocycles. The molecule has 2 N–H and O–H groups in total. The summed E-state index contributed by atoms with van der Waals surface area (Å²) in [4.78, 5) is 0. The summed E-state index contributed by atoms with van der Waals surface area (Å²) in [6.07, 6.45) is 0.657. The van der Waals surface area contributed by atoms with Gasteiger partial charge in [-0.2, -0.15) is 0 Å². The van der Waals surface area contributed by atoms with Crippen molar-refractivity contribution in [2.45, 2.75) is 71.1 Å². The molecule has 1 rings (SSSR count). The van der Waals surface area contributed by atoms with Gasteiger partial charge in [-0.25, -0.2) is 17.7 Å². The van der Waals surface area contributed by atoms with Crippen LogP contribution in [0.15, 0.2) is 0 Å². The second kappa shape index (κ2) is 5.53. The molecule has 1 saturated carbocycles. The number of alkyl halides is 2. The zero-order valence-corrected chi connectivity index (χ0v) is 14.9. The molecular formula is C15H29F2NO2S. The zero-order valence-electron chi connectivity index (χ0n) is 14.1. The van der Waals surface area contributed by atoms with Crippen molar-refractivity contribution < 1.29 is 18.1 Å². The lowest BCUT2D eigenvalue weighted by Gasteiger charge is -2.40. The van der Waals surface area contributed by atoms with Gasteiger partial charge in [0.2, 0.25) is 0 Å². The van der Waals surface area contributed by atoms with Gasteiger partial charge in [0.25, 0.3) is 5.92 Å². The third-order valence-electron chi connectivity index (χ3n) is 4.46. The van der Waals surface area contributed by atoms with Crippen LogP contribution in [0.1, 0.15) is 54.9 Å². The maximum Gasteiger partial charge on any atom is 0.289 e. The van der Waals surface area contributed by atoms with Crippen molar-refractivity contribution in [1.82, 2.24) is 4.72 Å². The largest absolute Gasteiger partial charge is 0.390 e. The molecule has 1 aliphatic carbocycles. The molecule has 1 aliphatic rings. The van der Waals surface area contributed by atoms with Crippen LogP contribution in [-0.2, 0) is 11.0 Å². The van der Waals surface area contributed by atoms with Gasteiger partial charge in [0.1, 0.15) is 6.61 Å². The fourth-order valence-corrected chi connectivity index (χ4v) is 3.71. The van der Waals surface area contributed by atoms with Crippen LogP contribution >= 0.6 is 0 Å². The monoisotopic (exact) mass is 325 g/mol. The van der Waals surface area contributed by atoms with Crippen molar-refractivity contribution in [3.8, 4) is 0 Å². The Kier molecular flexibility index (Phi) is 5.00. The van der Waals surface area contributed by atoms with E-state index in [1.54, 1.807) is 20.8 Å². The van der Waals surface area contributed by atoms with Crippen molar-refractivity contribution in [3.05, 3.63) is 0 Å². The number of rotatable bonds is 5. The van der Waals surface area contributed by atoms with Gasteiger partial charge in [-0.1, -0.05) is 20.8 Å². The summed E-state index contributed by atoms with van der Waals surface area (Å²) < 4.78 is 43.0. The smallest absolute Gasteiger partial charge is 0.289 e. The highest BCUT2D eigenvalue weighted by Crippen LogP contribution is 2.59. The molecule has 0 spiro atoms. The van der Waals surface area contributed by atoms with E-state index in [0.717, 1.165) is 0 Å². The lowest BCUT2D eigenvalue weighted by molar-refractivity contribution is -0.120. The van der Waals surface area contributed by atoms with Crippen LogP contribution in [0.4, 0.5) is 8.78 Å². The molecule has 0 aromatic heterocycles. The minimum absolute atomic E-state index is 0.0810. The van der Waals surface area contributed by atoms with Gasteiger partial charge in [-0.15, -0.1) is 0 Å². The van der Waals surface area contributed by atoms with E-state index in [4.69, 9.17) is 5.11 Å². The predicted molar refractivity (Wildman–Crippen MR) is 82.5 cm³/mol. The van der Waals surface area contributed by atoms with Gasteiger partial charge < -0.3 is 5.11 Å². The van der Waals surface area contributed by atoms with Crippen LogP contribution in [-0.4, -0.2) is 32.1 Å². The Bertz CT molecular complexity index is 415. The van der Waals surface area contributed by atoms with Crippen LogP contribution in [0.3, 0.4) is 0 Å². The molecule has 0 aliphatic heterocycles. The van der Waals surface area contributed by atoms with E-state index < -0.39 is 33.8 Å². The molecule has 0 amide bonds. The van der Waals surface area contributed by atoms with Gasteiger partial charge >= 0.3 is 0 Å². The average Bonchev–Trinajstić information content (AvgIpc) is 3.06. The second-order valence-electron chi connectivity index (χ2n) is 8.36. The summed E-state index contributed by atoms with van der Waals surface area (Å²) in [5, 5.41) is 9.12. The third kappa shape index (κ3) is 3.82. The highest BCUT2D eigenvalue weighted by molar-refractivity contribution is 7.84. The minimum atomic E-state index is -3.32. The Morgan fingerprint density at radius 2 is 1.57 bits per heavy atom. The van der Waals surface area contributed by atoms with Crippen molar-refractivity contribution in [1.29, 1.82) is 0 Å². The number of hydrogen-bond acceptors (Lipinski definition) is 2. The first-order valence-electron chi connectivity index (χ1n) is 7.35. The topological polar surface area (TPSA) is 49.3 Å². The molecule has 0 bridgehead atoms. The van der Waals surface area contributed by atoms with E-state index in [9.17, 15) is 13.0 Å². The van der Waals surface area contributed by atoms with Crippen LogP contribution in [0.2, 0.25) is 0 Å². The van der Waals surface area contributed by atoms with Crippen LogP contribution in [0.25, 0.3) is 0 Å². The van der Waals surface area contributed by atoms with Gasteiger partial charge in [0.05, 0.1) is 21.3 Å². The fraction of sp³-hybridized carbons (Fsp3) is 1.00. The van der Waals surface area contributed by atoms with E-state index in [1.807, 2.05) is 20.8 Å². The van der Waals surface area contributed by atoms with Crippen LogP contribution in [0.5, 0.6) is 0 Å². The Balaban J connectivity index is 3.08. The molecule has 0 heterocycles. The van der Waals surface area contributed by atoms with E-state index in [-0.39, 0.29) is 17.3 Å². The molecule has 3 nitrogen and oxygen atoms in total. The van der Waals surface area contributed by atoms with Crippen molar-refractivity contribution >= 4 is 11.0 Å². The SMILES string of the molecule is CC(C)(C)[C@@H]1C[C@H]1[C@@](C)(N[S@](=O)C(C)(C)C)C(F)(F)CO. The Hall–Kier alpha value is -0.0700.